The molecule has 0 saturated carbocycles. The molecule has 1 aliphatic heterocycles. The van der Waals surface area contributed by atoms with E-state index in [2.05, 4.69) is 14.9 Å². The van der Waals surface area contributed by atoms with Gasteiger partial charge in [-0.3, -0.25) is 4.79 Å². The Morgan fingerprint density at radius 2 is 2.09 bits per heavy atom. The van der Waals surface area contributed by atoms with E-state index in [0.717, 1.165) is 42.9 Å². The molecule has 2 aromatic rings. The van der Waals surface area contributed by atoms with E-state index in [9.17, 15) is 4.79 Å². The van der Waals surface area contributed by atoms with Gasteiger partial charge >= 0.3 is 0 Å². The van der Waals surface area contributed by atoms with Crippen molar-refractivity contribution in [2.24, 2.45) is 0 Å². The molecule has 1 aliphatic rings. The van der Waals surface area contributed by atoms with Gasteiger partial charge < -0.3 is 14.6 Å². The van der Waals surface area contributed by atoms with Gasteiger partial charge in [0, 0.05) is 19.2 Å². The van der Waals surface area contributed by atoms with E-state index in [-0.39, 0.29) is 11.9 Å². The zero-order valence-electron chi connectivity index (χ0n) is 13.0. The van der Waals surface area contributed by atoms with Crippen LogP contribution in [0.15, 0.2) is 30.5 Å². The van der Waals surface area contributed by atoms with Crippen LogP contribution in [-0.4, -0.2) is 22.6 Å². The van der Waals surface area contributed by atoms with E-state index < -0.39 is 0 Å². The lowest BCUT2D eigenvalue weighted by Crippen LogP contribution is -2.26. The maximum atomic E-state index is 12.4. The van der Waals surface area contributed by atoms with E-state index >= 15 is 0 Å². The number of hydrogen-bond donors (Lipinski definition) is 1. The Hall–Kier alpha value is -2.30. The number of amides is 1. The molecule has 22 heavy (non-hydrogen) atoms. The average molecular weight is 299 g/mol. The van der Waals surface area contributed by atoms with Crippen LogP contribution in [0.3, 0.4) is 0 Å². The zero-order valence-corrected chi connectivity index (χ0v) is 13.0. The highest BCUT2D eigenvalue weighted by molar-refractivity contribution is 5.92. The minimum atomic E-state index is -0.120. The van der Waals surface area contributed by atoms with E-state index in [0.29, 0.717) is 5.69 Å². The van der Waals surface area contributed by atoms with Crippen LogP contribution in [0, 0.1) is 0 Å². The number of ether oxygens (including phenoxy) is 1. The summed E-state index contributed by atoms with van der Waals surface area (Å²) in [5.41, 5.74) is 1.55. The molecule has 0 fully saturated rings. The van der Waals surface area contributed by atoms with Gasteiger partial charge in [-0.25, -0.2) is 4.98 Å². The number of methoxy groups -OCH3 is 1. The third kappa shape index (κ3) is 2.98. The summed E-state index contributed by atoms with van der Waals surface area (Å²) in [5.74, 6) is 1.71. The highest BCUT2D eigenvalue weighted by atomic mass is 16.5. The molecule has 3 rings (SSSR count). The third-order valence-corrected chi connectivity index (χ3v) is 4.10. The number of rotatable bonds is 4. The van der Waals surface area contributed by atoms with Gasteiger partial charge in [-0.15, -0.1) is 0 Å². The van der Waals surface area contributed by atoms with E-state index in [1.54, 1.807) is 7.11 Å². The molecule has 0 bridgehead atoms. The Morgan fingerprint density at radius 3 is 2.77 bits per heavy atom. The molecular formula is C17H21N3O2. The maximum Gasteiger partial charge on any atom is 0.271 e. The molecule has 5 heteroatoms. The van der Waals surface area contributed by atoms with Gasteiger partial charge in [0.15, 0.2) is 0 Å². The topological polar surface area (TPSA) is 56.1 Å². The molecule has 0 unspecified atom stereocenters. The van der Waals surface area contributed by atoms with Crippen molar-refractivity contribution in [3.63, 3.8) is 0 Å². The molecule has 0 spiro atoms. The molecule has 1 N–H and O–H groups in total. The van der Waals surface area contributed by atoms with Crippen LogP contribution in [0.4, 0.5) is 0 Å². The summed E-state index contributed by atoms with van der Waals surface area (Å²) in [7, 11) is 1.64. The monoisotopic (exact) mass is 299 g/mol. The first kappa shape index (κ1) is 14.6. The number of carbonyl (C=O) groups excluding carboxylic acids is 1. The molecule has 116 valence electrons. The first-order valence-corrected chi connectivity index (χ1v) is 7.68. The van der Waals surface area contributed by atoms with Crippen LogP contribution in [0.1, 0.15) is 47.7 Å². The molecule has 1 aromatic carbocycles. The number of fused-ring (bicyclic) bond motifs is 1. The summed E-state index contributed by atoms with van der Waals surface area (Å²) >= 11 is 0. The van der Waals surface area contributed by atoms with Crippen LogP contribution in [0.5, 0.6) is 5.75 Å². The number of carbonyl (C=O) groups is 1. The molecule has 1 atom stereocenters. The average Bonchev–Trinajstić information content (AvgIpc) is 2.99. The van der Waals surface area contributed by atoms with Crippen LogP contribution < -0.4 is 10.1 Å². The van der Waals surface area contributed by atoms with Crippen molar-refractivity contribution in [3.05, 3.63) is 47.5 Å². The Balaban J connectivity index is 1.68. The lowest BCUT2D eigenvalue weighted by atomic mass is 10.1. The lowest BCUT2D eigenvalue weighted by molar-refractivity contribution is 0.0935. The number of nitrogens with one attached hydrogen (secondary N) is 1. The summed E-state index contributed by atoms with van der Waals surface area (Å²) < 4.78 is 7.24. The van der Waals surface area contributed by atoms with Crippen LogP contribution in [-0.2, 0) is 13.0 Å². The second-order valence-electron chi connectivity index (χ2n) is 5.66. The largest absolute Gasteiger partial charge is 0.497 e. The first-order chi connectivity index (χ1) is 10.7. The van der Waals surface area contributed by atoms with Gasteiger partial charge in [-0.1, -0.05) is 12.1 Å². The maximum absolute atomic E-state index is 12.4. The molecule has 0 saturated heterocycles. The zero-order chi connectivity index (χ0) is 15.5. The predicted molar refractivity (Wildman–Crippen MR) is 84.0 cm³/mol. The van der Waals surface area contributed by atoms with Gasteiger partial charge in [0.05, 0.1) is 13.2 Å². The second-order valence-corrected chi connectivity index (χ2v) is 5.66. The van der Waals surface area contributed by atoms with Gasteiger partial charge in [0.25, 0.3) is 5.91 Å². The third-order valence-electron chi connectivity index (χ3n) is 4.10. The Bertz CT molecular complexity index is 638. The standard InChI is InChI=1S/C17H21N3O2/c1-12(13-6-8-14(22-2)9-7-13)18-17(21)15-11-20-10-4-3-5-16(20)19-15/h6-9,11-12H,3-5,10H2,1-2H3,(H,18,21)/t12-/m1/s1. The first-order valence-electron chi connectivity index (χ1n) is 7.68. The summed E-state index contributed by atoms with van der Waals surface area (Å²) in [6.07, 6.45) is 5.14. The molecule has 2 heterocycles. The fourth-order valence-corrected chi connectivity index (χ4v) is 2.77. The highest BCUT2D eigenvalue weighted by Crippen LogP contribution is 2.18. The van der Waals surface area contributed by atoms with Crippen molar-refractivity contribution < 1.29 is 9.53 Å². The van der Waals surface area contributed by atoms with Gasteiger partial charge in [0.2, 0.25) is 0 Å². The molecule has 1 aromatic heterocycles. The Kier molecular flexibility index (Phi) is 4.13. The Labute approximate surface area is 130 Å². The predicted octanol–water partition coefficient (Wildman–Crippen LogP) is 2.72. The van der Waals surface area contributed by atoms with Crippen molar-refractivity contribution in [3.8, 4) is 5.75 Å². The molecular weight excluding hydrogens is 278 g/mol. The van der Waals surface area contributed by atoms with Crippen molar-refractivity contribution in [2.75, 3.05) is 7.11 Å². The van der Waals surface area contributed by atoms with Crippen molar-refractivity contribution in [2.45, 2.75) is 38.8 Å². The second kappa shape index (κ2) is 6.22. The Morgan fingerprint density at radius 1 is 1.32 bits per heavy atom. The minimum Gasteiger partial charge on any atom is -0.497 e. The van der Waals surface area contributed by atoms with Gasteiger partial charge in [-0.05, 0) is 37.5 Å². The van der Waals surface area contributed by atoms with Crippen molar-refractivity contribution in [1.82, 2.24) is 14.9 Å². The lowest BCUT2D eigenvalue weighted by Gasteiger charge is -2.13. The van der Waals surface area contributed by atoms with Crippen LogP contribution >= 0.6 is 0 Å². The number of imidazole rings is 1. The van der Waals surface area contributed by atoms with Crippen LogP contribution in [0.25, 0.3) is 0 Å². The minimum absolute atomic E-state index is 0.0721. The number of benzene rings is 1. The quantitative estimate of drug-likeness (QED) is 0.944. The van der Waals surface area contributed by atoms with E-state index in [1.807, 2.05) is 37.4 Å². The van der Waals surface area contributed by atoms with E-state index in [4.69, 9.17) is 4.74 Å². The smallest absolute Gasteiger partial charge is 0.271 e. The molecule has 1 amide bonds. The fraction of sp³-hybridized carbons (Fsp3) is 0.412. The molecule has 0 aliphatic carbocycles. The highest BCUT2D eigenvalue weighted by Gasteiger charge is 2.18. The number of nitrogens with zero attached hydrogens (tertiary/aromatic N) is 2. The summed E-state index contributed by atoms with van der Waals surface area (Å²) in [4.78, 5) is 16.8. The van der Waals surface area contributed by atoms with Gasteiger partial charge in [-0.2, -0.15) is 0 Å². The number of aromatic nitrogens is 2. The number of hydrogen-bond acceptors (Lipinski definition) is 3. The molecule has 0 radical (unpaired) electrons. The number of aryl methyl sites for hydroxylation is 2. The summed E-state index contributed by atoms with van der Waals surface area (Å²) in [5, 5.41) is 3.00. The normalized spacial score (nSPS) is 15.0. The molecule has 5 nitrogen and oxygen atoms in total. The van der Waals surface area contributed by atoms with Gasteiger partial charge in [0.1, 0.15) is 17.3 Å². The van der Waals surface area contributed by atoms with E-state index in [1.165, 1.54) is 0 Å². The van der Waals surface area contributed by atoms with Crippen molar-refractivity contribution >= 4 is 5.91 Å². The summed E-state index contributed by atoms with van der Waals surface area (Å²) in [6, 6.07) is 7.64. The van der Waals surface area contributed by atoms with Crippen LogP contribution in [0.2, 0.25) is 0 Å². The fourth-order valence-electron chi connectivity index (χ4n) is 2.77. The summed E-state index contributed by atoms with van der Waals surface area (Å²) in [6.45, 7) is 2.93. The van der Waals surface area contributed by atoms with Crippen molar-refractivity contribution in [1.29, 1.82) is 0 Å². The SMILES string of the molecule is COc1ccc([C@@H](C)NC(=O)c2cn3c(n2)CCCC3)cc1.